The van der Waals surface area contributed by atoms with E-state index in [1.807, 2.05) is 21.0 Å². The first-order valence-corrected chi connectivity index (χ1v) is 4.03. The van der Waals surface area contributed by atoms with Crippen LogP contribution in [0, 0.1) is 0 Å². The molecule has 0 rings (SSSR count). The van der Waals surface area contributed by atoms with Gasteiger partial charge in [-0.3, -0.25) is 0 Å². The first-order valence-electron chi connectivity index (χ1n) is 4.03. The fourth-order valence-corrected chi connectivity index (χ4v) is 1.11. The van der Waals surface area contributed by atoms with Crippen molar-refractivity contribution in [3.63, 3.8) is 0 Å². The normalized spacial score (nSPS) is 14.9. The van der Waals surface area contributed by atoms with Crippen molar-refractivity contribution < 1.29 is 4.39 Å². The van der Waals surface area contributed by atoms with Gasteiger partial charge in [0.2, 0.25) is 0 Å². The first-order chi connectivity index (χ1) is 5.25. The van der Waals surface area contributed by atoms with Gasteiger partial charge >= 0.3 is 0 Å². The van der Waals surface area contributed by atoms with Gasteiger partial charge in [-0.1, -0.05) is 12.2 Å². The van der Waals surface area contributed by atoms with E-state index in [4.69, 9.17) is 0 Å². The average molecular weight is 174 g/mol. The summed E-state index contributed by atoms with van der Waals surface area (Å²) in [5.74, 6) is 0. The van der Waals surface area contributed by atoms with E-state index in [9.17, 15) is 4.39 Å². The van der Waals surface area contributed by atoms with Gasteiger partial charge in [0, 0.05) is 14.1 Å². The summed E-state index contributed by atoms with van der Waals surface area (Å²) in [7, 11) is 3.67. The number of alkyl halides is 1. The molecule has 0 aliphatic carbocycles. The van der Waals surface area contributed by atoms with Gasteiger partial charge in [0.25, 0.3) is 0 Å². The predicted octanol–water partition coefficient (Wildman–Crippen LogP) is 1.75. The van der Waals surface area contributed by atoms with Gasteiger partial charge < -0.3 is 0 Å². The van der Waals surface area contributed by atoms with Crippen LogP contribution in [-0.2, 0) is 0 Å². The molecule has 72 valence electrons. The first kappa shape index (κ1) is 11.6. The highest BCUT2D eigenvalue weighted by Crippen LogP contribution is 2.19. The van der Waals surface area contributed by atoms with E-state index >= 15 is 0 Å². The van der Waals surface area contributed by atoms with E-state index in [-0.39, 0.29) is 6.04 Å². The quantitative estimate of drug-likeness (QED) is 0.516. The molecule has 0 saturated carbocycles. The van der Waals surface area contributed by atoms with Crippen molar-refractivity contribution in [2.24, 2.45) is 0 Å². The summed E-state index contributed by atoms with van der Waals surface area (Å²) < 4.78 is 13.5. The molecule has 1 atom stereocenters. The lowest BCUT2D eigenvalue weighted by atomic mass is 9.96. The number of hydrogen-bond donors (Lipinski definition) is 1. The molecule has 0 saturated heterocycles. The summed E-state index contributed by atoms with van der Waals surface area (Å²) >= 11 is 0. The molecular weight excluding hydrogens is 155 g/mol. The number of hydrazine groups is 1. The van der Waals surface area contributed by atoms with Crippen LogP contribution in [0.2, 0.25) is 0 Å². The molecule has 0 aromatic heterocycles. The highest BCUT2D eigenvalue weighted by Gasteiger charge is 2.29. The zero-order valence-corrected chi connectivity index (χ0v) is 8.61. The van der Waals surface area contributed by atoms with Crippen LogP contribution in [0.4, 0.5) is 4.39 Å². The molecule has 1 unspecified atom stereocenters. The molecule has 0 heterocycles. The number of nitrogens with one attached hydrogen (secondary N) is 1. The van der Waals surface area contributed by atoms with Crippen molar-refractivity contribution in [3.05, 3.63) is 12.2 Å². The fourth-order valence-electron chi connectivity index (χ4n) is 1.11. The minimum Gasteiger partial charge on any atom is -0.250 e. The van der Waals surface area contributed by atoms with E-state index in [1.54, 1.807) is 18.9 Å². The van der Waals surface area contributed by atoms with Gasteiger partial charge in [0.05, 0.1) is 6.04 Å². The molecule has 1 N–H and O–H groups in total. The predicted molar refractivity (Wildman–Crippen MR) is 50.6 cm³/mol. The zero-order chi connectivity index (χ0) is 9.94. The van der Waals surface area contributed by atoms with Crippen LogP contribution in [0.25, 0.3) is 0 Å². The Kier molecular flexibility index (Phi) is 3.87. The molecule has 0 bridgehead atoms. The maximum atomic E-state index is 13.5. The van der Waals surface area contributed by atoms with Crippen molar-refractivity contribution in [1.82, 2.24) is 10.4 Å². The molecule has 0 radical (unpaired) electrons. The van der Waals surface area contributed by atoms with Gasteiger partial charge in [-0.05, 0) is 20.8 Å². The zero-order valence-electron chi connectivity index (χ0n) is 8.61. The molecule has 3 heteroatoms. The number of halogens is 1. The van der Waals surface area contributed by atoms with E-state index in [2.05, 4.69) is 12.0 Å². The second kappa shape index (κ2) is 4.01. The third-order valence-corrected chi connectivity index (χ3v) is 1.57. The van der Waals surface area contributed by atoms with Crippen molar-refractivity contribution in [2.45, 2.75) is 32.5 Å². The third-order valence-electron chi connectivity index (χ3n) is 1.57. The Morgan fingerprint density at radius 3 is 2.00 bits per heavy atom. The molecule has 0 aromatic rings. The largest absolute Gasteiger partial charge is 0.250 e. The molecule has 0 amide bonds. The highest BCUT2D eigenvalue weighted by molar-refractivity contribution is 5.08. The van der Waals surface area contributed by atoms with E-state index in [0.717, 1.165) is 5.57 Å². The monoisotopic (exact) mass is 174 g/mol. The van der Waals surface area contributed by atoms with Crippen molar-refractivity contribution in [2.75, 3.05) is 14.1 Å². The number of nitrogens with zero attached hydrogens (tertiary/aromatic N) is 1. The van der Waals surface area contributed by atoms with Gasteiger partial charge in [-0.25, -0.2) is 14.8 Å². The Morgan fingerprint density at radius 2 is 1.92 bits per heavy atom. The lowest BCUT2D eigenvalue weighted by Gasteiger charge is -2.31. The van der Waals surface area contributed by atoms with Gasteiger partial charge in [0.15, 0.2) is 0 Å². The molecule has 2 nitrogen and oxygen atoms in total. The SMILES string of the molecule is C=C(C)C(NN(C)C)C(C)(C)F. The molecule has 0 aromatic carbocycles. The van der Waals surface area contributed by atoms with Gasteiger partial charge in [-0.2, -0.15) is 0 Å². The van der Waals surface area contributed by atoms with E-state index in [0.29, 0.717) is 0 Å². The summed E-state index contributed by atoms with van der Waals surface area (Å²) in [6.45, 7) is 8.66. The van der Waals surface area contributed by atoms with Gasteiger partial charge in [-0.15, -0.1) is 0 Å². The van der Waals surface area contributed by atoms with Crippen molar-refractivity contribution in [1.29, 1.82) is 0 Å². The summed E-state index contributed by atoms with van der Waals surface area (Å²) in [6.07, 6.45) is 0. The smallest absolute Gasteiger partial charge is 0.125 e. The summed E-state index contributed by atoms with van der Waals surface area (Å²) in [5.41, 5.74) is 2.50. The number of hydrogen-bond acceptors (Lipinski definition) is 2. The minimum absolute atomic E-state index is 0.326. The molecular formula is C9H19FN2. The maximum Gasteiger partial charge on any atom is 0.125 e. The second-order valence-electron chi connectivity index (χ2n) is 3.87. The Morgan fingerprint density at radius 1 is 1.50 bits per heavy atom. The van der Waals surface area contributed by atoms with Crippen LogP contribution in [0.1, 0.15) is 20.8 Å². The Hall–Kier alpha value is -0.410. The van der Waals surface area contributed by atoms with Crippen LogP contribution in [-0.4, -0.2) is 30.8 Å². The standard InChI is InChI=1S/C9H19FN2/c1-7(2)8(9(3,4)10)11-12(5)6/h8,11H,1H2,2-6H3. The summed E-state index contributed by atoms with van der Waals surface area (Å²) in [6, 6.07) is -0.326. The van der Waals surface area contributed by atoms with Crippen LogP contribution < -0.4 is 5.43 Å². The van der Waals surface area contributed by atoms with E-state index < -0.39 is 5.67 Å². The van der Waals surface area contributed by atoms with Crippen LogP contribution >= 0.6 is 0 Å². The van der Waals surface area contributed by atoms with Gasteiger partial charge in [0.1, 0.15) is 5.67 Å². The van der Waals surface area contributed by atoms with Crippen molar-refractivity contribution >= 4 is 0 Å². The van der Waals surface area contributed by atoms with Crippen LogP contribution in [0.5, 0.6) is 0 Å². The Bertz CT molecular complexity index is 158. The highest BCUT2D eigenvalue weighted by atomic mass is 19.1. The van der Waals surface area contributed by atoms with Crippen LogP contribution in [0.15, 0.2) is 12.2 Å². The maximum absolute atomic E-state index is 13.5. The summed E-state index contributed by atoms with van der Waals surface area (Å²) in [5, 5.41) is 1.74. The van der Waals surface area contributed by atoms with E-state index in [1.165, 1.54) is 0 Å². The Balaban J connectivity index is 4.35. The average Bonchev–Trinajstić information content (AvgIpc) is 1.79. The van der Waals surface area contributed by atoms with Crippen molar-refractivity contribution in [3.8, 4) is 0 Å². The fraction of sp³-hybridized carbons (Fsp3) is 0.778. The molecule has 12 heavy (non-hydrogen) atoms. The molecule has 0 spiro atoms. The third kappa shape index (κ3) is 3.83. The number of rotatable bonds is 4. The topological polar surface area (TPSA) is 15.3 Å². The Labute approximate surface area is 74.4 Å². The molecule has 0 aliphatic heterocycles. The molecule has 0 aliphatic rings. The lowest BCUT2D eigenvalue weighted by Crippen LogP contribution is -2.50. The minimum atomic E-state index is -1.28. The van der Waals surface area contributed by atoms with Crippen LogP contribution in [0.3, 0.4) is 0 Å². The molecule has 0 fully saturated rings. The lowest BCUT2D eigenvalue weighted by molar-refractivity contribution is 0.115. The second-order valence-corrected chi connectivity index (χ2v) is 3.87. The summed E-state index contributed by atoms with van der Waals surface area (Å²) in [4.78, 5) is 0.